The average Bonchev–Trinajstić information content (AvgIpc) is 3.75. The van der Waals surface area contributed by atoms with Crippen molar-refractivity contribution in [1.82, 2.24) is 25.0 Å². The van der Waals surface area contributed by atoms with Crippen molar-refractivity contribution >= 4 is 33.9 Å². The predicted molar refractivity (Wildman–Crippen MR) is 153 cm³/mol. The maximum absolute atomic E-state index is 13.8. The van der Waals surface area contributed by atoms with E-state index in [-0.39, 0.29) is 50.2 Å². The molecule has 1 saturated carbocycles. The lowest BCUT2D eigenvalue weighted by molar-refractivity contribution is 0.581. The zero-order valence-corrected chi connectivity index (χ0v) is 21.7. The highest BCUT2D eigenvalue weighted by Gasteiger charge is 2.27. The Morgan fingerprint density at radius 1 is 1.18 bits per heavy atom. The Balaban J connectivity index is 1.50. The van der Waals surface area contributed by atoms with Gasteiger partial charge in [-0.1, -0.05) is 60.1 Å². The van der Waals surface area contributed by atoms with Crippen LogP contribution in [0.25, 0.3) is 10.9 Å². The standard InChI is InChI=1S/C30H26ClFN8/c1-2-25(18-6-4-3-5-7-18)37-28-20(14-33)16-35-30-23(28)12-21(13-24(30)31)36-29(19-8-11-27(32)34-15-19)26-17-40(39-38-26)22-9-10-22/h3-8,11-13,15-17,22,25,29,36H,2,9-10H2,1H3,(H,35,37)/t25-,29-/m0/s1/i1D3,2D2,29D. The molecule has 0 saturated heterocycles. The first kappa shape index (κ1) is 19.5. The number of pyridine rings is 2. The van der Waals surface area contributed by atoms with Gasteiger partial charge in [0.05, 0.1) is 47.5 Å². The summed E-state index contributed by atoms with van der Waals surface area (Å²) in [6, 6.07) is 12.8. The van der Waals surface area contributed by atoms with Crippen LogP contribution in [0.1, 0.15) is 74.8 Å². The highest BCUT2D eigenvalue weighted by Crippen LogP contribution is 2.38. The van der Waals surface area contributed by atoms with Gasteiger partial charge in [0.2, 0.25) is 5.95 Å². The molecule has 2 aromatic carbocycles. The SMILES string of the molecule is [2H]C([2H])([2H])C([2H])([2H])[C@H](Nc1c(C#N)cnc2c(Cl)cc(N[C@@]([2H])(c3ccc(F)nc3)c3cn(C4CC4)nn3)cc12)c1ccccc1. The van der Waals surface area contributed by atoms with Crippen molar-refractivity contribution in [2.24, 2.45) is 0 Å². The largest absolute Gasteiger partial charge is 0.377 e. The molecule has 1 aliphatic carbocycles. The van der Waals surface area contributed by atoms with Crippen LogP contribution >= 0.6 is 11.6 Å². The number of benzene rings is 2. The van der Waals surface area contributed by atoms with Crippen LogP contribution in [0.5, 0.6) is 0 Å². The third kappa shape index (κ3) is 5.18. The van der Waals surface area contributed by atoms with Gasteiger partial charge in [0.25, 0.3) is 0 Å². The molecule has 0 bridgehead atoms. The van der Waals surface area contributed by atoms with E-state index in [2.05, 4.69) is 30.9 Å². The van der Waals surface area contributed by atoms with Crippen LogP contribution < -0.4 is 10.6 Å². The first-order chi connectivity index (χ1) is 21.8. The Kier molecular flexibility index (Phi) is 5.32. The fourth-order valence-corrected chi connectivity index (χ4v) is 4.69. The molecule has 0 radical (unpaired) electrons. The Labute approximate surface area is 244 Å². The number of fused-ring (bicyclic) bond motifs is 1. The average molecular weight is 559 g/mol. The van der Waals surface area contributed by atoms with Crippen molar-refractivity contribution in [2.75, 3.05) is 10.6 Å². The number of nitrogens with one attached hydrogen (secondary N) is 2. The highest BCUT2D eigenvalue weighted by atomic mass is 35.5. The van der Waals surface area contributed by atoms with Crippen molar-refractivity contribution in [3.05, 3.63) is 107 Å². The second-order valence-corrected chi connectivity index (χ2v) is 9.74. The number of nitriles is 1. The van der Waals surface area contributed by atoms with Crippen LogP contribution in [0.4, 0.5) is 15.8 Å². The van der Waals surface area contributed by atoms with Gasteiger partial charge in [-0.05, 0) is 48.5 Å². The summed E-state index contributed by atoms with van der Waals surface area (Å²) in [7, 11) is 0. The molecule has 0 amide bonds. The monoisotopic (exact) mass is 558 g/mol. The summed E-state index contributed by atoms with van der Waals surface area (Å²) in [4.78, 5) is 8.08. The minimum atomic E-state index is -3.04. The van der Waals surface area contributed by atoms with Crippen LogP contribution in [0.3, 0.4) is 0 Å². The molecule has 40 heavy (non-hydrogen) atoms. The fourth-order valence-electron chi connectivity index (χ4n) is 4.43. The molecule has 1 aliphatic rings. The topological polar surface area (TPSA) is 104 Å². The molecule has 6 rings (SSSR count). The minimum absolute atomic E-state index is 0.00948. The van der Waals surface area contributed by atoms with Crippen molar-refractivity contribution in [1.29, 1.82) is 5.26 Å². The van der Waals surface area contributed by atoms with Gasteiger partial charge in [0.1, 0.15) is 11.8 Å². The normalized spacial score (nSPS) is 18.1. The van der Waals surface area contributed by atoms with E-state index < -0.39 is 31.2 Å². The Morgan fingerprint density at radius 3 is 2.75 bits per heavy atom. The summed E-state index contributed by atoms with van der Waals surface area (Å²) in [5, 5.41) is 25.0. The van der Waals surface area contributed by atoms with E-state index in [9.17, 15) is 11.0 Å². The number of rotatable bonds is 9. The van der Waals surface area contributed by atoms with Gasteiger partial charge in [-0.2, -0.15) is 9.65 Å². The smallest absolute Gasteiger partial charge is 0.212 e. The number of anilines is 2. The Morgan fingerprint density at radius 2 is 2.02 bits per heavy atom. The van der Waals surface area contributed by atoms with Crippen LogP contribution in [-0.4, -0.2) is 25.0 Å². The molecule has 0 aliphatic heterocycles. The zero-order chi connectivity index (χ0) is 32.9. The first-order valence-electron chi connectivity index (χ1n) is 15.5. The molecule has 0 spiro atoms. The molecule has 200 valence electrons. The Bertz CT molecular complexity index is 1940. The lowest BCUT2D eigenvalue weighted by Crippen LogP contribution is -2.14. The van der Waals surface area contributed by atoms with Crippen molar-refractivity contribution in [3.63, 3.8) is 0 Å². The number of nitrogens with zero attached hydrogens (tertiary/aromatic N) is 6. The number of aromatic nitrogens is 5. The summed E-state index contributed by atoms with van der Waals surface area (Å²) in [5.41, 5.74) is 1.42. The van der Waals surface area contributed by atoms with Crippen molar-refractivity contribution in [2.45, 2.75) is 44.2 Å². The van der Waals surface area contributed by atoms with E-state index >= 15 is 0 Å². The summed E-state index contributed by atoms with van der Waals surface area (Å²) in [6.07, 6.45) is 3.23. The number of hydrogen-bond acceptors (Lipinski definition) is 7. The number of halogens is 2. The van der Waals surface area contributed by atoms with E-state index in [0.29, 0.717) is 5.56 Å². The lowest BCUT2D eigenvalue weighted by Gasteiger charge is -2.22. The molecule has 1 fully saturated rings. The molecule has 3 aromatic heterocycles. The zero-order valence-electron chi connectivity index (χ0n) is 26.9. The maximum atomic E-state index is 13.8. The van der Waals surface area contributed by atoms with Crippen LogP contribution in [0.15, 0.2) is 73.2 Å². The van der Waals surface area contributed by atoms with Gasteiger partial charge in [-0.3, -0.25) is 4.98 Å². The van der Waals surface area contributed by atoms with E-state index in [1.54, 1.807) is 47.3 Å². The first-order valence-corrected chi connectivity index (χ1v) is 12.9. The minimum Gasteiger partial charge on any atom is -0.377 e. The summed E-state index contributed by atoms with van der Waals surface area (Å²) < 4.78 is 66.2. The predicted octanol–water partition coefficient (Wildman–Crippen LogP) is 6.99. The molecular formula is C30H26ClFN8. The van der Waals surface area contributed by atoms with Crippen molar-refractivity contribution in [3.8, 4) is 6.07 Å². The molecule has 2 N–H and O–H groups in total. The second kappa shape index (κ2) is 10.9. The molecule has 2 atom stereocenters. The van der Waals surface area contributed by atoms with Gasteiger partial charge in [-0.25, -0.2) is 9.67 Å². The molecule has 10 heteroatoms. The van der Waals surface area contributed by atoms with Gasteiger partial charge in [0.15, 0.2) is 0 Å². The van der Waals surface area contributed by atoms with Gasteiger partial charge < -0.3 is 10.6 Å². The summed E-state index contributed by atoms with van der Waals surface area (Å²) in [6.45, 7) is -3.04. The number of hydrogen-bond donors (Lipinski definition) is 2. The van der Waals surface area contributed by atoms with Crippen molar-refractivity contribution < 1.29 is 12.6 Å². The second-order valence-electron chi connectivity index (χ2n) is 9.33. The third-order valence-electron chi connectivity index (χ3n) is 6.58. The summed E-state index contributed by atoms with van der Waals surface area (Å²) in [5.74, 6) is -0.725. The van der Waals surface area contributed by atoms with E-state index in [4.69, 9.17) is 18.5 Å². The van der Waals surface area contributed by atoms with E-state index in [1.807, 2.05) is 6.07 Å². The van der Waals surface area contributed by atoms with E-state index in [0.717, 1.165) is 18.9 Å². The van der Waals surface area contributed by atoms with E-state index in [1.165, 1.54) is 24.5 Å². The molecule has 0 unspecified atom stereocenters. The quantitative estimate of drug-likeness (QED) is 0.188. The van der Waals surface area contributed by atoms with Gasteiger partial charge in [0, 0.05) is 30.3 Å². The maximum Gasteiger partial charge on any atom is 0.212 e. The molecular weight excluding hydrogens is 527 g/mol. The summed E-state index contributed by atoms with van der Waals surface area (Å²) >= 11 is 6.71. The van der Waals surface area contributed by atoms with Gasteiger partial charge in [-0.15, -0.1) is 5.10 Å². The Hall–Kier alpha value is -4.55. The molecule has 8 nitrogen and oxygen atoms in total. The lowest BCUT2D eigenvalue weighted by atomic mass is 10.0. The van der Waals surface area contributed by atoms with Crippen LogP contribution in [0, 0.1) is 17.3 Å². The third-order valence-corrected chi connectivity index (χ3v) is 6.87. The highest BCUT2D eigenvalue weighted by molar-refractivity contribution is 6.35. The molecule has 3 heterocycles. The van der Waals surface area contributed by atoms with Crippen LogP contribution in [0.2, 0.25) is 5.02 Å². The van der Waals surface area contributed by atoms with Gasteiger partial charge >= 0.3 is 0 Å². The van der Waals surface area contributed by atoms with Crippen LogP contribution in [-0.2, 0) is 0 Å². The molecule has 5 aromatic rings. The fraction of sp³-hybridized carbons (Fsp3) is 0.233.